The molecule has 0 saturated carbocycles. The molecule has 1 atom stereocenters. The van der Waals surface area contributed by atoms with Gasteiger partial charge in [0.05, 0.1) is 5.02 Å². The van der Waals surface area contributed by atoms with Crippen LogP contribution in [0.2, 0.25) is 5.02 Å². The highest BCUT2D eigenvalue weighted by Gasteiger charge is 2.27. The van der Waals surface area contributed by atoms with Crippen LogP contribution >= 0.6 is 24.0 Å². The van der Waals surface area contributed by atoms with Crippen molar-refractivity contribution in [3.05, 3.63) is 23.0 Å². The summed E-state index contributed by atoms with van der Waals surface area (Å²) < 4.78 is 1.75. The van der Waals surface area contributed by atoms with E-state index in [1.807, 2.05) is 7.05 Å². The Morgan fingerprint density at radius 1 is 1.63 bits per heavy atom. The summed E-state index contributed by atoms with van der Waals surface area (Å²) in [7, 11) is 1.82. The number of halogens is 2. The lowest BCUT2D eigenvalue weighted by molar-refractivity contribution is 0.0916. The topological polar surface area (TPSA) is 46.1 Å². The second-order valence-electron chi connectivity index (χ2n) is 5.43. The van der Waals surface area contributed by atoms with Gasteiger partial charge in [0.25, 0.3) is 5.91 Å². The van der Waals surface area contributed by atoms with Crippen molar-refractivity contribution in [2.75, 3.05) is 19.6 Å². The average molecular weight is 306 g/mol. The monoisotopic (exact) mass is 305 g/mol. The second-order valence-corrected chi connectivity index (χ2v) is 5.86. The number of aryl methyl sites for hydroxylation is 1. The summed E-state index contributed by atoms with van der Waals surface area (Å²) in [4.78, 5) is 12.1. The number of aromatic nitrogens is 1. The molecule has 1 unspecified atom stereocenters. The summed E-state index contributed by atoms with van der Waals surface area (Å²) in [6.45, 7) is 4.94. The van der Waals surface area contributed by atoms with E-state index in [1.54, 1.807) is 16.8 Å². The lowest BCUT2D eigenvalue weighted by Gasteiger charge is -2.34. The van der Waals surface area contributed by atoms with Crippen molar-refractivity contribution in [3.8, 4) is 0 Å². The van der Waals surface area contributed by atoms with Crippen LogP contribution in [-0.2, 0) is 7.05 Å². The van der Waals surface area contributed by atoms with Crippen LogP contribution in [0.15, 0.2) is 12.3 Å². The van der Waals surface area contributed by atoms with Gasteiger partial charge >= 0.3 is 0 Å². The number of carbonyl (C=O) groups excluding carboxylic acids is 1. The lowest BCUT2D eigenvalue weighted by atomic mass is 9.83. The summed E-state index contributed by atoms with van der Waals surface area (Å²) in [5.41, 5.74) is 0.760. The summed E-state index contributed by atoms with van der Waals surface area (Å²) in [5, 5.41) is 6.97. The number of hydrogen-bond donors (Lipinski definition) is 2. The Hall–Kier alpha value is -0.710. The first-order valence-electron chi connectivity index (χ1n) is 6.31. The molecule has 0 aromatic carbocycles. The first-order chi connectivity index (χ1) is 8.50. The van der Waals surface area contributed by atoms with Gasteiger partial charge in [-0.25, -0.2) is 0 Å². The molecule has 0 bridgehead atoms. The van der Waals surface area contributed by atoms with E-state index in [0.29, 0.717) is 17.3 Å². The zero-order valence-corrected chi connectivity index (χ0v) is 12.9. The third kappa shape index (κ3) is 4.13. The van der Waals surface area contributed by atoms with Crippen molar-refractivity contribution < 1.29 is 4.79 Å². The van der Waals surface area contributed by atoms with Crippen molar-refractivity contribution in [2.45, 2.75) is 19.8 Å². The highest BCUT2D eigenvalue weighted by molar-refractivity contribution is 6.31. The second kappa shape index (κ2) is 6.64. The largest absolute Gasteiger partial charge is 0.350 e. The Bertz CT molecular complexity index is 439. The Morgan fingerprint density at radius 2 is 2.37 bits per heavy atom. The Balaban J connectivity index is 0.00000180. The summed E-state index contributed by atoms with van der Waals surface area (Å²) in [6.07, 6.45) is 4.05. The van der Waals surface area contributed by atoms with E-state index in [9.17, 15) is 4.79 Å². The summed E-state index contributed by atoms with van der Waals surface area (Å²) >= 11 is 5.88. The number of nitrogens with zero attached hydrogens (tertiary/aromatic N) is 1. The molecule has 1 aliphatic rings. The number of piperidine rings is 1. The highest BCUT2D eigenvalue weighted by atomic mass is 35.5. The minimum absolute atomic E-state index is 0. The maximum absolute atomic E-state index is 12.1. The van der Waals surface area contributed by atoms with Crippen LogP contribution in [0.3, 0.4) is 0 Å². The fourth-order valence-corrected chi connectivity index (χ4v) is 2.65. The van der Waals surface area contributed by atoms with Crippen LogP contribution in [0, 0.1) is 5.41 Å². The van der Waals surface area contributed by atoms with E-state index in [4.69, 9.17) is 11.6 Å². The van der Waals surface area contributed by atoms with Crippen molar-refractivity contribution in [3.63, 3.8) is 0 Å². The average Bonchev–Trinajstić information content (AvgIpc) is 2.67. The molecule has 0 aliphatic carbocycles. The van der Waals surface area contributed by atoms with E-state index in [0.717, 1.165) is 19.5 Å². The van der Waals surface area contributed by atoms with Crippen LogP contribution in [0.25, 0.3) is 0 Å². The third-order valence-electron chi connectivity index (χ3n) is 3.57. The highest BCUT2D eigenvalue weighted by Crippen LogP contribution is 2.24. The van der Waals surface area contributed by atoms with E-state index < -0.39 is 0 Å². The standard InChI is InChI=1S/C13H20ClN3O.ClH/c1-13(4-3-5-15-8-13)9-16-12(18)11-6-10(14)7-17(11)2;/h6-7,15H,3-5,8-9H2,1-2H3,(H,16,18);1H. The van der Waals surface area contributed by atoms with Gasteiger partial charge < -0.3 is 15.2 Å². The van der Waals surface area contributed by atoms with Crippen LogP contribution in [-0.4, -0.2) is 30.1 Å². The zero-order valence-electron chi connectivity index (χ0n) is 11.3. The summed E-state index contributed by atoms with van der Waals surface area (Å²) in [6, 6.07) is 1.69. The smallest absolute Gasteiger partial charge is 0.267 e. The molecule has 1 aliphatic heterocycles. The summed E-state index contributed by atoms with van der Waals surface area (Å²) in [5.74, 6) is -0.0591. The first-order valence-corrected chi connectivity index (χ1v) is 6.69. The predicted molar refractivity (Wildman–Crippen MR) is 80.2 cm³/mol. The van der Waals surface area contributed by atoms with E-state index >= 15 is 0 Å². The van der Waals surface area contributed by atoms with Gasteiger partial charge in [-0.15, -0.1) is 12.4 Å². The number of carbonyl (C=O) groups is 1. The molecule has 4 nitrogen and oxygen atoms in total. The molecule has 6 heteroatoms. The zero-order chi connectivity index (χ0) is 13.2. The number of nitrogens with one attached hydrogen (secondary N) is 2. The first kappa shape index (κ1) is 16.3. The minimum Gasteiger partial charge on any atom is -0.350 e. The van der Waals surface area contributed by atoms with E-state index in [-0.39, 0.29) is 23.7 Å². The molecule has 108 valence electrons. The molecular weight excluding hydrogens is 285 g/mol. The lowest BCUT2D eigenvalue weighted by Crippen LogP contribution is -2.45. The third-order valence-corrected chi connectivity index (χ3v) is 3.77. The molecule has 1 fully saturated rings. The molecule has 1 amide bonds. The van der Waals surface area contributed by atoms with Crippen LogP contribution < -0.4 is 10.6 Å². The molecule has 1 aromatic rings. The van der Waals surface area contributed by atoms with Crippen molar-refractivity contribution in [1.82, 2.24) is 15.2 Å². The molecule has 19 heavy (non-hydrogen) atoms. The normalized spacial score (nSPS) is 22.7. The van der Waals surface area contributed by atoms with Crippen molar-refractivity contribution in [2.24, 2.45) is 12.5 Å². The maximum Gasteiger partial charge on any atom is 0.267 e. The minimum atomic E-state index is -0.0591. The van der Waals surface area contributed by atoms with Crippen molar-refractivity contribution in [1.29, 1.82) is 0 Å². The fraction of sp³-hybridized carbons (Fsp3) is 0.615. The molecular formula is C13H21Cl2N3O. The Morgan fingerprint density at radius 3 is 2.89 bits per heavy atom. The fourth-order valence-electron chi connectivity index (χ4n) is 2.40. The maximum atomic E-state index is 12.1. The molecule has 1 aromatic heterocycles. The van der Waals surface area contributed by atoms with Gasteiger partial charge in [-0.05, 0) is 30.9 Å². The quantitative estimate of drug-likeness (QED) is 0.899. The molecule has 2 N–H and O–H groups in total. The number of rotatable bonds is 3. The van der Waals surface area contributed by atoms with Crippen LogP contribution in [0.5, 0.6) is 0 Å². The van der Waals surface area contributed by atoms with Gasteiger partial charge in [0.15, 0.2) is 0 Å². The van der Waals surface area contributed by atoms with Crippen molar-refractivity contribution >= 4 is 29.9 Å². The molecule has 2 rings (SSSR count). The van der Waals surface area contributed by atoms with E-state index in [1.165, 1.54) is 6.42 Å². The van der Waals surface area contributed by atoms with Crippen LogP contribution in [0.4, 0.5) is 0 Å². The predicted octanol–water partition coefficient (Wildman–Crippen LogP) is 2.22. The Labute approximate surface area is 125 Å². The van der Waals surface area contributed by atoms with Gasteiger partial charge in [0.2, 0.25) is 0 Å². The van der Waals surface area contributed by atoms with Gasteiger partial charge in [0, 0.05) is 26.3 Å². The molecule has 0 spiro atoms. The molecule has 0 radical (unpaired) electrons. The van der Waals surface area contributed by atoms with Crippen LogP contribution in [0.1, 0.15) is 30.3 Å². The molecule has 2 heterocycles. The SMILES string of the molecule is Cl.Cn1cc(Cl)cc1C(=O)NCC1(C)CCCNC1. The van der Waals surface area contributed by atoms with Gasteiger partial charge in [0.1, 0.15) is 5.69 Å². The number of amides is 1. The van der Waals surface area contributed by atoms with Gasteiger partial charge in [-0.1, -0.05) is 18.5 Å². The number of hydrogen-bond acceptors (Lipinski definition) is 2. The molecule has 1 saturated heterocycles. The van der Waals surface area contributed by atoms with E-state index in [2.05, 4.69) is 17.6 Å². The van der Waals surface area contributed by atoms with Gasteiger partial charge in [-0.2, -0.15) is 0 Å². The van der Waals surface area contributed by atoms with Gasteiger partial charge in [-0.3, -0.25) is 4.79 Å². The Kier molecular flexibility index (Phi) is 5.71.